The van der Waals surface area contributed by atoms with Crippen LogP contribution in [0.2, 0.25) is 0 Å². The summed E-state index contributed by atoms with van der Waals surface area (Å²) in [6, 6.07) is 8.45. The summed E-state index contributed by atoms with van der Waals surface area (Å²) in [6.45, 7) is 4.01. The minimum absolute atomic E-state index is 0.0540. The molecular weight excluding hydrogens is 246 g/mol. The molecule has 0 saturated carbocycles. The highest BCUT2D eigenvalue weighted by molar-refractivity contribution is 5.85. The highest BCUT2D eigenvalue weighted by Crippen LogP contribution is 2.10. The lowest BCUT2D eigenvalue weighted by Crippen LogP contribution is -2.34. The molecule has 5 nitrogen and oxygen atoms in total. The Labute approximate surface area is 112 Å². The van der Waals surface area contributed by atoms with Crippen molar-refractivity contribution < 1.29 is 19.1 Å². The van der Waals surface area contributed by atoms with Crippen molar-refractivity contribution in [3.63, 3.8) is 0 Å². The Bertz CT molecular complexity index is 405. The van der Waals surface area contributed by atoms with Gasteiger partial charge in [0.05, 0.1) is 19.6 Å². The molecule has 0 aliphatic heterocycles. The van der Waals surface area contributed by atoms with Crippen molar-refractivity contribution in [3.05, 3.63) is 30.3 Å². The average Bonchev–Trinajstić information content (AvgIpc) is 2.40. The molecule has 0 spiro atoms. The Morgan fingerprint density at radius 3 is 2.32 bits per heavy atom. The average molecular weight is 265 g/mol. The molecule has 0 amide bonds. The number of para-hydroxylation sites is 1. The summed E-state index contributed by atoms with van der Waals surface area (Å²) in [7, 11) is 0. The third kappa shape index (κ3) is 5.42. The fourth-order valence-corrected chi connectivity index (χ4v) is 1.56. The second-order valence-electron chi connectivity index (χ2n) is 3.82. The van der Waals surface area contributed by atoms with Gasteiger partial charge in [0.15, 0.2) is 0 Å². The van der Waals surface area contributed by atoms with Gasteiger partial charge in [-0.2, -0.15) is 0 Å². The number of hydrogen-bond acceptors (Lipinski definition) is 5. The summed E-state index contributed by atoms with van der Waals surface area (Å²) in [5, 5.41) is 2.98. The van der Waals surface area contributed by atoms with Crippen LogP contribution in [0.25, 0.3) is 0 Å². The lowest BCUT2D eigenvalue weighted by molar-refractivity contribution is -0.150. The predicted octanol–water partition coefficient (Wildman–Crippen LogP) is 1.98. The van der Waals surface area contributed by atoms with Crippen molar-refractivity contribution in [3.8, 4) is 0 Å². The van der Waals surface area contributed by atoms with Crippen molar-refractivity contribution >= 4 is 17.6 Å². The highest BCUT2D eigenvalue weighted by atomic mass is 16.5. The molecule has 0 fully saturated rings. The number of carbonyl (C=O) groups is 2. The van der Waals surface area contributed by atoms with Crippen LogP contribution in [0.15, 0.2) is 30.3 Å². The van der Waals surface area contributed by atoms with Gasteiger partial charge in [0.1, 0.15) is 6.04 Å². The summed E-state index contributed by atoms with van der Waals surface area (Å²) >= 11 is 0. The monoisotopic (exact) mass is 265 g/mol. The number of esters is 2. The van der Waals surface area contributed by atoms with E-state index in [4.69, 9.17) is 9.47 Å². The molecule has 104 valence electrons. The standard InChI is InChI=1S/C14H19NO4/c1-3-18-13(16)10-12(14(17)19-4-2)15-11-8-6-5-7-9-11/h5-9,12,15H,3-4,10H2,1-2H3/t12-/m0/s1. The van der Waals surface area contributed by atoms with E-state index >= 15 is 0 Å². The largest absolute Gasteiger partial charge is 0.466 e. The second kappa shape index (κ2) is 8.13. The van der Waals surface area contributed by atoms with Gasteiger partial charge >= 0.3 is 11.9 Å². The van der Waals surface area contributed by atoms with Crippen molar-refractivity contribution in [2.45, 2.75) is 26.3 Å². The van der Waals surface area contributed by atoms with E-state index < -0.39 is 18.0 Å². The number of hydrogen-bond donors (Lipinski definition) is 1. The molecule has 1 N–H and O–H groups in total. The molecule has 1 aromatic carbocycles. The smallest absolute Gasteiger partial charge is 0.329 e. The lowest BCUT2D eigenvalue weighted by atomic mass is 10.2. The maximum absolute atomic E-state index is 11.8. The maximum Gasteiger partial charge on any atom is 0.329 e. The fraction of sp³-hybridized carbons (Fsp3) is 0.429. The molecule has 19 heavy (non-hydrogen) atoms. The zero-order chi connectivity index (χ0) is 14.1. The van der Waals surface area contributed by atoms with E-state index in [0.29, 0.717) is 6.61 Å². The van der Waals surface area contributed by atoms with Crippen LogP contribution in [0.3, 0.4) is 0 Å². The zero-order valence-electron chi connectivity index (χ0n) is 11.2. The van der Waals surface area contributed by atoms with E-state index in [1.54, 1.807) is 13.8 Å². The SMILES string of the molecule is CCOC(=O)C[C@H](Nc1ccccc1)C(=O)OCC. The first-order valence-corrected chi connectivity index (χ1v) is 6.31. The van der Waals surface area contributed by atoms with Gasteiger partial charge in [-0.3, -0.25) is 4.79 Å². The van der Waals surface area contributed by atoms with Crippen LogP contribution in [-0.4, -0.2) is 31.2 Å². The number of ether oxygens (including phenoxy) is 2. The minimum atomic E-state index is -0.735. The van der Waals surface area contributed by atoms with Crippen molar-refractivity contribution in [1.29, 1.82) is 0 Å². The van der Waals surface area contributed by atoms with Crippen LogP contribution in [0.1, 0.15) is 20.3 Å². The molecule has 0 aliphatic carbocycles. The van der Waals surface area contributed by atoms with Crippen molar-refractivity contribution in [2.24, 2.45) is 0 Å². The third-order valence-electron chi connectivity index (χ3n) is 2.36. The second-order valence-corrected chi connectivity index (χ2v) is 3.82. The van der Waals surface area contributed by atoms with Crippen LogP contribution in [0.5, 0.6) is 0 Å². The van der Waals surface area contributed by atoms with Gasteiger partial charge in [0.25, 0.3) is 0 Å². The lowest BCUT2D eigenvalue weighted by Gasteiger charge is -2.17. The maximum atomic E-state index is 11.8. The molecule has 0 unspecified atom stereocenters. The van der Waals surface area contributed by atoms with E-state index in [2.05, 4.69) is 5.32 Å². The van der Waals surface area contributed by atoms with E-state index in [-0.39, 0.29) is 13.0 Å². The Kier molecular flexibility index (Phi) is 6.43. The summed E-state index contributed by atoms with van der Waals surface area (Å²) in [4.78, 5) is 23.3. The van der Waals surface area contributed by atoms with Crippen LogP contribution >= 0.6 is 0 Å². The van der Waals surface area contributed by atoms with Gasteiger partial charge in [-0.15, -0.1) is 0 Å². The molecule has 1 atom stereocenters. The van der Waals surface area contributed by atoms with E-state index in [0.717, 1.165) is 5.69 Å². The van der Waals surface area contributed by atoms with Gasteiger partial charge in [0, 0.05) is 5.69 Å². The van der Waals surface area contributed by atoms with Gasteiger partial charge in [-0.25, -0.2) is 4.79 Å². The molecule has 5 heteroatoms. The number of nitrogens with one attached hydrogen (secondary N) is 1. The molecular formula is C14H19NO4. The quantitative estimate of drug-likeness (QED) is 0.764. The van der Waals surface area contributed by atoms with Gasteiger partial charge < -0.3 is 14.8 Å². The summed E-state index contributed by atoms with van der Waals surface area (Å²) in [6.07, 6.45) is -0.0540. The topological polar surface area (TPSA) is 64.6 Å². The Balaban J connectivity index is 2.69. The Hall–Kier alpha value is -2.04. The number of anilines is 1. The van der Waals surface area contributed by atoms with Gasteiger partial charge in [-0.1, -0.05) is 18.2 Å². The fourth-order valence-electron chi connectivity index (χ4n) is 1.56. The van der Waals surface area contributed by atoms with Crippen LogP contribution in [0.4, 0.5) is 5.69 Å². The number of benzene rings is 1. The van der Waals surface area contributed by atoms with Crippen LogP contribution in [0, 0.1) is 0 Å². The Morgan fingerprint density at radius 2 is 1.74 bits per heavy atom. The van der Waals surface area contributed by atoms with Crippen LogP contribution in [-0.2, 0) is 19.1 Å². The van der Waals surface area contributed by atoms with Crippen molar-refractivity contribution in [2.75, 3.05) is 18.5 Å². The normalized spacial score (nSPS) is 11.5. The van der Waals surface area contributed by atoms with Gasteiger partial charge in [0.2, 0.25) is 0 Å². The summed E-state index contributed by atoms with van der Waals surface area (Å²) in [5.74, 6) is -0.886. The van der Waals surface area contributed by atoms with Crippen LogP contribution < -0.4 is 5.32 Å². The molecule has 0 radical (unpaired) electrons. The molecule has 1 aromatic rings. The summed E-state index contributed by atoms with van der Waals surface area (Å²) < 4.78 is 9.80. The molecule has 0 aromatic heterocycles. The minimum Gasteiger partial charge on any atom is -0.466 e. The predicted molar refractivity (Wildman–Crippen MR) is 71.7 cm³/mol. The third-order valence-corrected chi connectivity index (χ3v) is 2.36. The number of rotatable bonds is 7. The van der Waals surface area contributed by atoms with E-state index in [1.807, 2.05) is 30.3 Å². The molecule has 0 heterocycles. The molecule has 0 aliphatic rings. The van der Waals surface area contributed by atoms with Crippen molar-refractivity contribution in [1.82, 2.24) is 0 Å². The number of carbonyl (C=O) groups excluding carboxylic acids is 2. The summed E-state index contributed by atoms with van der Waals surface area (Å²) in [5.41, 5.74) is 0.754. The molecule has 0 saturated heterocycles. The van der Waals surface area contributed by atoms with E-state index in [9.17, 15) is 9.59 Å². The highest BCUT2D eigenvalue weighted by Gasteiger charge is 2.23. The first kappa shape index (κ1) is 15.0. The first-order valence-electron chi connectivity index (χ1n) is 6.31. The van der Waals surface area contributed by atoms with Gasteiger partial charge in [-0.05, 0) is 26.0 Å². The first-order chi connectivity index (χ1) is 9.17. The molecule has 0 bridgehead atoms. The molecule has 1 rings (SSSR count). The zero-order valence-corrected chi connectivity index (χ0v) is 11.2. The Morgan fingerprint density at radius 1 is 1.11 bits per heavy atom. The van der Waals surface area contributed by atoms with E-state index in [1.165, 1.54) is 0 Å².